The quantitative estimate of drug-likeness (QED) is 0.884. The predicted octanol–water partition coefficient (Wildman–Crippen LogP) is 1.71. The molecule has 6 heteroatoms. The Morgan fingerprint density at radius 2 is 2.20 bits per heavy atom. The molecule has 0 heterocycles. The van der Waals surface area contributed by atoms with Crippen molar-refractivity contribution in [2.24, 2.45) is 0 Å². The van der Waals surface area contributed by atoms with Gasteiger partial charge in [0.05, 0.1) is 11.6 Å². The van der Waals surface area contributed by atoms with Crippen LogP contribution in [-0.2, 0) is 4.79 Å². The molecule has 15 heavy (non-hydrogen) atoms. The van der Waals surface area contributed by atoms with Gasteiger partial charge in [-0.25, -0.2) is 9.18 Å². The van der Waals surface area contributed by atoms with Crippen molar-refractivity contribution in [3.8, 4) is 5.75 Å². The number of hydrogen-bond donors (Lipinski definition) is 2. The van der Waals surface area contributed by atoms with E-state index in [1.54, 1.807) is 0 Å². The van der Waals surface area contributed by atoms with Gasteiger partial charge in [-0.1, -0.05) is 0 Å². The number of halogens is 2. The second-order valence-electron chi connectivity index (χ2n) is 2.75. The summed E-state index contributed by atoms with van der Waals surface area (Å²) in [5.41, 5.74) is -0.128. The Bertz CT molecular complexity index is 394. The minimum atomic E-state index is -1.81. The Morgan fingerprint density at radius 1 is 1.60 bits per heavy atom. The predicted molar refractivity (Wildman–Crippen MR) is 53.2 cm³/mol. The number of carboxylic acid groups (broad SMARTS) is 1. The molecule has 0 spiro atoms. The van der Waals surface area contributed by atoms with Crippen LogP contribution in [0.2, 0.25) is 0 Å². The minimum absolute atomic E-state index is 0.103. The lowest BCUT2D eigenvalue weighted by molar-refractivity contribution is -0.147. The van der Waals surface area contributed by atoms with Gasteiger partial charge in [0, 0.05) is 5.56 Å². The highest BCUT2D eigenvalue weighted by molar-refractivity contribution is 9.10. The fourth-order valence-electron chi connectivity index (χ4n) is 1.13. The van der Waals surface area contributed by atoms with E-state index in [1.807, 2.05) is 0 Å². The van der Waals surface area contributed by atoms with Crippen molar-refractivity contribution in [1.82, 2.24) is 0 Å². The molecule has 0 aliphatic rings. The number of ether oxygens (including phenoxy) is 1. The van der Waals surface area contributed by atoms with Gasteiger partial charge in [0.2, 0.25) is 0 Å². The highest BCUT2D eigenvalue weighted by atomic mass is 79.9. The molecule has 0 saturated carbocycles. The third kappa shape index (κ3) is 2.45. The second-order valence-corrected chi connectivity index (χ2v) is 3.61. The van der Waals surface area contributed by atoms with Crippen molar-refractivity contribution in [3.63, 3.8) is 0 Å². The maximum Gasteiger partial charge on any atom is 0.337 e. The Labute approximate surface area is 93.4 Å². The molecule has 2 N–H and O–H groups in total. The highest BCUT2D eigenvalue weighted by Gasteiger charge is 2.22. The maximum absolute atomic E-state index is 13.0. The summed E-state index contributed by atoms with van der Waals surface area (Å²) in [6, 6.07) is 2.04. The smallest absolute Gasteiger partial charge is 0.337 e. The summed E-state index contributed by atoms with van der Waals surface area (Å²) < 4.78 is 18.1. The summed E-state index contributed by atoms with van der Waals surface area (Å²) in [6.07, 6.45) is -1.81. The van der Waals surface area contributed by atoms with Gasteiger partial charge in [0.15, 0.2) is 6.10 Å². The standard InChI is InChI=1S/C9H8BrFO4/c1-15-8-5(7(12)9(13)14)2-4(11)3-6(8)10/h2-3,7,12H,1H3,(H,13,14). The van der Waals surface area contributed by atoms with Crippen molar-refractivity contribution in [3.05, 3.63) is 28.0 Å². The van der Waals surface area contributed by atoms with Gasteiger partial charge >= 0.3 is 5.97 Å². The topological polar surface area (TPSA) is 66.8 Å². The molecule has 0 aliphatic heterocycles. The van der Waals surface area contributed by atoms with Gasteiger partial charge in [0.1, 0.15) is 11.6 Å². The number of carboxylic acids is 1. The van der Waals surface area contributed by atoms with Crippen molar-refractivity contribution in [1.29, 1.82) is 0 Å². The van der Waals surface area contributed by atoms with Crippen LogP contribution in [0.5, 0.6) is 5.75 Å². The number of rotatable bonds is 3. The van der Waals surface area contributed by atoms with E-state index < -0.39 is 17.9 Å². The third-order valence-electron chi connectivity index (χ3n) is 1.77. The Balaban J connectivity index is 3.32. The zero-order valence-electron chi connectivity index (χ0n) is 7.70. The second kappa shape index (κ2) is 4.59. The molecule has 0 aromatic heterocycles. The van der Waals surface area contributed by atoms with Crippen LogP contribution < -0.4 is 4.74 Å². The molecule has 1 aromatic carbocycles. The van der Waals surface area contributed by atoms with Crippen LogP contribution in [0, 0.1) is 5.82 Å². The number of methoxy groups -OCH3 is 1. The van der Waals surface area contributed by atoms with Gasteiger partial charge in [-0.2, -0.15) is 0 Å². The lowest BCUT2D eigenvalue weighted by Crippen LogP contribution is -2.12. The first-order valence-electron chi connectivity index (χ1n) is 3.91. The fourth-order valence-corrected chi connectivity index (χ4v) is 1.74. The molecule has 0 saturated heterocycles. The van der Waals surface area contributed by atoms with Crippen LogP contribution in [0.1, 0.15) is 11.7 Å². The molecule has 0 amide bonds. The van der Waals surface area contributed by atoms with E-state index in [2.05, 4.69) is 15.9 Å². The van der Waals surface area contributed by atoms with Crippen molar-refractivity contribution in [2.75, 3.05) is 7.11 Å². The SMILES string of the molecule is COc1c(Br)cc(F)cc1C(O)C(=O)O. The Morgan fingerprint density at radius 3 is 2.67 bits per heavy atom. The molecule has 1 atom stereocenters. The molecular weight excluding hydrogens is 271 g/mol. The summed E-state index contributed by atoms with van der Waals surface area (Å²) in [4.78, 5) is 10.5. The average Bonchev–Trinajstić information content (AvgIpc) is 2.15. The van der Waals surface area contributed by atoms with Crippen LogP contribution in [-0.4, -0.2) is 23.3 Å². The maximum atomic E-state index is 13.0. The van der Waals surface area contributed by atoms with Gasteiger partial charge in [0.25, 0.3) is 0 Å². The number of benzene rings is 1. The lowest BCUT2D eigenvalue weighted by atomic mass is 10.1. The lowest BCUT2D eigenvalue weighted by Gasteiger charge is -2.12. The van der Waals surface area contributed by atoms with Gasteiger partial charge in [-0.05, 0) is 28.1 Å². The zero-order valence-corrected chi connectivity index (χ0v) is 9.28. The number of aliphatic hydroxyl groups is 1. The minimum Gasteiger partial charge on any atom is -0.495 e. The third-order valence-corrected chi connectivity index (χ3v) is 2.36. The van der Waals surface area contributed by atoms with Crippen molar-refractivity contribution in [2.45, 2.75) is 6.10 Å². The molecule has 1 aromatic rings. The molecule has 4 nitrogen and oxygen atoms in total. The molecular formula is C9H8BrFO4. The average molecular weight is 279 g/mol. The van der Waals surface area contributed by atoms with E-state index in [1.165, 1.54) is 7.11 Å². The first kappa shape index (κ1) is 11.9. The molecule has 0 fully saturated rings. The van der Waals surface area contributed by atoms with Gasteiger partial charge in [-0.3, -0.25) is 0 Å². The number of aliphatic carboxylic acids is 1. The summed E-state index contributed by atoms with van der Waals surface area (Å²) in [6.45, 7) is 0. The van der Waals surface area contributed by atoms with Crippen molar-refractivity contribution >= 4 is 21.9 Å². The van der Waals surface area contributed by atoms with Crippen LogP contribution >= 0.6 is 15.9 Å². The molecule has 1 rings (SSSR count). The van der Waals surface area contributed by atoms with Gasteiger partial charge < -0.3 is 14.9 Å². The number of hydrogen-bond acceptors (Lipinski definition) is 3. The number of carbonyl (C=O) groups is 1. The Hall–Kier alpha value is -1.14. The van der Waals surface area contributed by atoms with Crippen LogP contribution in [0.15, 0.2) is 16.6 Å². The monoisotopic (exact) mass is 278 g/mol. The van der Waals surface area contributed by atoms with Crippen LogP contribution in [0.3, 0.4) is 0 Å². The first-order valence-corrected chi connectivity index (χ1v) is 4.70. The molecule has 82 valence electrons. The van der Waals surface area contributed by atoms with Crippen LogP contribution in [0.4, 0.5) is 4.39 Å². The fraction of sp³-hybridized carbons (Fsp3) is 0.222. The molecule has 1 unspecified atom stereocenters. The highest BCUT2D eigenvalue weighted by Crippen LogP contribution is 2.34. The summed E-state index contributed by atoms with van der Waals surface area (Å²) in [5, 5.41) is 17.9. The van der Waals surface area contributed by atoms with Crippen molar-refractivity contribution < 1.29 is 24.1 Å². The first-order chi connectivity index (χ1) is 6.97. The summed E-state index contributed by atoms with van der Waals surface area (Å²) in [5.74, 6) is -2.02. The van der Waals surface area contributed by atoms with E-state index in [0.29, 0.717) is 0 Å². The number of aliphatic hydroxyl groups excluding tert-OH is 1. The zero-order chi connectivity index (χ0) is 11.6. The summed E-state index contributed by atoms with van der Waals surface area (Å²) in [7, 11) is 1.30. The van der Waals surface area contributed by atoms with E-state index in [-0.39, 0.29) is 15.8 Å². The summed E-state index contributed by atoms with van der Waals surface area (Å²) >= 11 is 3.01. The largest absolute Gasteiger partial charge is 0.495 e. The van der Waals surface area contributed by atoms with E-state index in [4.69, 9.17) is 9.84 Å². The van der Waals surface area contributed by atoms with E-state index >= 15 is 0 Å². The van der Waals surface area contributed by atoms with Crippen LogP contribution in [0.25, 0.3) is 0 Å². The molecule has 0 bridgehead atoms. The van der Waals surface area contributed by atoms with Gasteiger partial charge in [-0.15, -0.1) is 0 Å². The normalized spacial score (nSPS) is 12.3. The molecule has 0 aliphatic carbocycles. The van der Waals surface area contributed by atoms with E-state index in [0.717, 1.165) is 12.1 Å². The molecule has 0 radical (unpaired) electrons. The van der Waals surface area contributed by atoms with E-state index in [9.17, 15) is 14.3 Å². The Kier molecular flexibility index (Phi) is 3.65.